The molecule has 0 amide bonds. The van der Waals surface area contributed by atoms with Crippen molar-refractivity contribution >= 4 is 0 Å². The Balaban J connectivity index is 3.86. The number of hydrogen-bond acceptors (Lipinski definition) is 1. The van der Waals surface area contributed by atoms with Crippen LogP contribution < -0.4 is 5.32 Å². The fraction of sp³-hybridized carbons (Fsp3) is 0.360. The summed E-state index contributed by atoms with van der Waals surface area (Å²) in [7, 11) is 1.95. The quantitative estimate of drug-likeness (QED) is 0.526. The molecule has 1 rings (SSSR count). The maximum atomic E-state index is 4.30. The Morgan fingerprint density at radius 1 is 1.04 bits per heavy atom. The van der Waals surface area contributed by atoms with Crippen molar-refractivity contribution in [2.75, 3.05) is 7.05 Å². The molecule has 1 nitrogen and oxygen atoms in total. The second kappa shape index (κ2) is 9.43. The molecule has 0 fully saturated rings. The van der Waals surface area contributed by atoms with Crippen LogP contribution in [0.1, 0.15) is 57.2 Å². The van der Waals surface area contributed by atoms with Gasteiger partial charge in [0.2, 0.25) is 0 Å². The zero-order valence-electron chi connectivity index (χ0n) is 17.9. The third kappa shape index (κ3) is 5.11. The number of allylic oxidation sites excluding steroid dienone is 7. The van der Waals surface area contributed by atoms with E-state index in [9.17, 15) is 0 Å². The van der Waals surface area contributed by atoms with Crippen molar-refractivity contribution in [2.24, 2.45) is 0 Å². The molecule has 0 aliphatic heterocycles. The third-order valence-electron chi connectivity index (χ3n) is 4.74. The molecule has 140 valence electrons. The zero-order valence-corrected chi connectivity index (χ0v) is 17.9. The van der Waals surface area contributed by atoms with Crippen molar-refractivity contribution in [1.29, 1.82) is 0 Å². The van der Waals surface area contributed by atoms with Crippen LogP contribution in [0.25, 0.3) is 0 Å². The smallest absolute Gasteiger partial charge is 0.0347 e. The van der Waals surface area contributed by atoms with Gasteiger partial charge in [0, 0.05) is 18.7 Å². The van der Waals surface area contributed by atoms with Gasteiger partial charge in [-0.3, -0.25) is 0 Å². The van der Waals surface area contributed by atoms with Gasteiger partial charge in [-0.15, -0.1) is 0 Å². The molecular weight excluding hydrogens is 314 g/mol. The lowest BCUT2D eigenvalue weighted by Gasteiger charge is -2.28. The maximum Gasteiger partial charge on any atom is 0.0347 e. The number of benzene rings is 1. The zero-order chi connectivity index (χ0) is 20.0. The molecule has 0 heterocycles. The molecule has 1 aromatic carbocycles. The Morgan fingerprint density at radius 2 is 1.65 bits per heavy atom. The van der Waals surface area contributed by atoms with Crippen molar-refractivity contribution in [3.8, 4) is 0 Å². The van der Waals surface area contributed by atoms with E-state index in [-0.39, 0.29) is 5.92 Å². The first-order chi connectivity index (χ1) is 12.1. The molecule has 1 unspecified atom stereocenters. The summed E-state index contributed by atoms with van der Waals surface area (Å²) in [6.45, 7) is 23.5. The average Bonchev–Trinajstić information content (AvgIpc) is 2.53. The minimum Gasteiger partial charge on any atom is -0.388 e. The van der Waals surface area contributed by atoms with E-state index in [1.165, 1.54) is 33.4 Å². The van der Waals surface area contributed by atoms with Gasteiger partial charge >= 0.3 is 0 Å². The first-order valence-electron chi connectivity index (χ1n) is 9.25. The van der Waals surface area contributed by atoms with Crippen LogP contribution in [-0.4, -0.2) is 7.05 Å². The van der Waals surface area contributed by atoms with E-state index in [1.54, 1.807) is 0 Å². The fourth-order valence-corrected chi connectivity index (χ4v) is 3.51. The highest BCUT2D eigenvalue weighted by molar-refractivity contribution is 5.56. The summed E-state index contributed by atoms with van der Waals surface area (Å²) in [5.41, 5.74) is 11.0. The Bertz CT molecular complexity index is 780. The van der Waals surface area contributed by atoms with Crippen LogP contribution in [0.4, 0.5) is 0 Å². The van der Waals surface area contributed by atoms with Crippen molar-refractivity contribution in [3.05, 3.63) is 93.8 Å². The van der Waals surface area contributed by atoms with Gasteiger partial charge in [-0.1, -0.05) is 59.7 Å². The Hall–Kier alpha value is -2.28. The van der Waals surface area contributed by atoms with Crippen LogP contribution in [-0.2, 0) is 0 Å². The van der Waals surface area contributed by atoms with Crippen molar-refractivity contribution in [2.45, 2.75) is 54.4 Å². The lowest BCUT2D eigenvalue weighted by molar-refractivity contribution is 0.895. The molecule has 0 radical (unpaired) electrons. The summed E-state index contributed by atoms with van der Waals surface area (Å²) in [4.78, 5) is 0. The topological polar surface area (TPSA) is 12.0 Å². The summed E-state index contributed by atoms with van der Waals surface area (Å²) >= 11 is 0. The molecule has 26 heavy (non-hydrogen) atoms. The Labute approximate surface area is 160 Å². The molecule has 0 bridgehead atoms. The summed E-state index contributed by atoms with van der Waals surface area (Å²) < 4.78 is 0. The summed E-state index contributed by atoms with van der Waals surface area (Å²) in [5, 5.41) is 3.27. The van der Waals surface area contributed by atoms with Crippen LogP contribution >= 0.6 is 0 Å². The second-order valence-electron chi connectivity index (χ2n) is 7.36. The van der Waals surface area contributed by atoms with Gasteiger partial charge in [-0.2, -0.15) is 0 Å². The van der Waals surface area contributed by atoms with Gasteiger partial charge in [0.1, 0.15) is 0 Å². The molecule has 1 atom stereocenters. The Morgan fingerprint density at radius 3 is 2.04 bits per heavy atom. The van der Waals surface area contributed by atoms with Crippen molar-refractivity contribution in [1.82, 2.24) is 5.32 Å². The predicted octanol–water partition coefficient (Wildman–Crippen LogP) is 6.93. The second-order valence-corrected chi connectivity index (χ2v) is 7.36. The molecule has 0 aliphatic rings. The summed E-state index contributed by atoms with van der Waals surface area (Å²) in [6, 6.07) is 6.71. The van der Waals surface area contributed by atoms with Crippen LogP contribution in [0.2, 0.25) is 0 Å². The van der Waals surface area contributed by atoms with Gasteiger partial charge in [-0.25, -0.2) is 0 Å². The Kier molecular flexibility index (Phi) is 7.89. The van der Waals surface area contributed by atoms with Gasteiger partial charge in [0.05, 0.1) is 0 Å². The molecule has 0 aromatic heterocycles. The maximum absolute atomic E-state index is 4.30. The van der Waals surface area contributed by atoms with E-state index in [2.05, 4.69) is 90.4 Å². The van der Waals surface area contributed by atoms with Crippen LogP contribution in [0.5, 0.6) is 0 Å². The van der Waals surface area contributed by atoms with Crippen molar-refractivity contribution in [3.63, 3.8) is 0 Å². The van der Waals surface area contributed by atoms with Crippen LogP contribution in [0.3, 0.4) is 0 Å². The highest BCUT2D eigenvalue weighted by atomic mass is 14.8. The molecule has 0 saturated heterocycles. The normalized spacial score (nSPS) is 13.2. The van der Waals surface area contributed by atoms with Gasteiger partial charge in [0.15, 0.2) is 0 Å². The van der Waals surface area contributed by atoms with E-state index in [0.29, 0.717) is 0 Å². The number of aryl methyl sites for hydroxylation is 2. The van der Waals surface area contributed by atoms with E-state index in [0.717, 1.165) is 16.8 Å². The van der Waals surface area contributed by atoms with Crippen molar-refractivity contribution < 1.29 is 0 Å². The monoisotopic (exact) mass is 349 g/mol. The van der Waals surface area contributed by atoms with Crippen LogP contribution in [0, 0.1) is 13.8 Å². The standard InChI is InChI=1S/C25H35N/c1-11-21(26-10)15-23(16(2)3)25(24(17(4)5)18(6)7)22-13-12-19(8)14-20(22)9/h11-15,25-26H,2,4H2,1,3,5-10H3/b21-11+,23-15+. The van der Waals surface area contributed by atoms with Gasteiger partial charge in [-0.05, 0) is 76.8 Å². The molecule has 0 saturated carbocycles. The third-order valence-corrected chi connectivity index (χ3v) is 4.74. The lowest BCUT2D eigenvalue weighted by Crippen LogP contribution is -2.13. The fourth-order valence-electron chi connectivity index (χ4n) is 3.51. The lowest BCUT2D eigenvalue weighted by atomic mass is 9.76. The van der Waals surface area contributed by atoms with Gasteiger partial charge in [0.25, 0.3) is 0 Å². The van der Waals surface area contributed by atoms with E-state index in [4.69, 9.17) is 0 Å². The largest absolute Gasteiger partial charge is 0.388 e. The highest BCUT2D eigenvalue weighted by Crippen LogP contribution is 2.41. The number of likely N-dealkylation sites (N-methyl/N-ethyl adjacent to an activating group) is 1. The first kappa shape index (κ1) is 21.8. The molecule has 1 heteroatoms. The van der Waals surface area contributed by atoms with E-state index in [1.807, 2.05) is 14.0 Å². The minimum absolute atomic E-state index is 0.124. The SMILES string of the molecule is C=C(C)C(=C(C)C)C(/C(=C/C(=C\C)NC)C(=C)C)c1ccc(C)cc1C. The number of rotatable bonds is 7. The molecular formula is C25H35N. The van der Waals surface area contributed by atoms with E-state index < -0.39 is 0 Å². The molecule has 0 aliphatic carbocycles. The summed E-state index contributed by atoms with van der Waals surface area (Å²) in [6.07, 6.45) is 4.31. The minimum atomic E-state index is 0.124. The highest BCUT2D eigenvalue weighted by Gasteiger charge is 2.25. The summed E-state index contributed by atoms with van der Waals surface area (Å²) in [5.74, 6) is 0.124. The average molecular weight is 350 g/mol. The van der Waals surface area contributed by atoms with Crippen LogP contribution in [0.15, 0.2) is 77.1 Å². The predicted molar refractivity (Wildman–Crippen MR) is 118 cm³/mol. The number of nitrogens with one attached hydrogen (secondary N) is 1. The van der Waals surface area contributed by atoms with Gasteiger partial charge < -0.3 is 5.32 Å². The molecule has 1 aromatic rings. The van der Waals surface area contributed by atoms with E-state index >= 15 is 0 Å². The first-order valence-corrected chi connectivity index (χ1v) is 9.25. The molecule has 0 spiro atoms. The number of hydrogen-bond donors (Lipinski definition) is 1. The molecule has 1 N–H and O–H groups in total.